The number of ether oxygens (including phenoxy) is 2. The summed E-state index contributed by atoms with van der Waals surface area (Å²) in [6, 6.07) is 9.02. The highest BCUT2D eigenvalue weighted by atomic mass is 16.5. The first-order valence-corrected chi connectivity index (χ1v) is 21.5. The molecule has 372 valence electrons. The first-order valence-electron chi connectivity index (χ1n) is 21.5. The number of aliphatic carboxylic acids is 6. The fourth-order valence-electron chi connectivity index (χ4n) is 6.46. The molecule has 6 rings (SSSR count). The van der Waals surface area contributed by atoms with Gasteiger partial charge in [0.15, 0.2) is 11.3 Å². The minimum absolute atomic E-state index is 0.535. The van der Waals surface area contributed by atoms with Crippen molar-refractivity contribution in [3.8, 4) is 0 Å². The number of hydrogen-bond acceptors (Lipinski definition) is 16. The number of carboxylic acids is 6. The van der Waals surface area contributed by atoms with Gasteiger partial charge < -0.3 is 59.9 Å². The van der Waals surface area contributed by atoms with Crippen molar-refractivity contribution in [2.45, 2.75) is 66.0 Å². The van der Waals surface area contributed by atoms with E-state index in [4.69, 9.17) is 50.1 Å². The van der Waals surface area contributed by atoms with Gasteiger partial charge in [-0.15, -0.1) is 0 Å². The van der Waals surface area contributed by atoms with E-state index in [2.05, 4.69) is 53.4 Å². The van der Waals surface area contributed by atoms with Crippen LogP contribution in [0.2, 0.25) is 0 Å². The van der Waals surface area contributed by atoms with Gasteiger partial charge >= 0.3 is 35.8 Å². The van der Waals surface area contributed by atoms with Gasteiger partial charge in [0, 0.05) is 127 Å². The van der Waals surface area contributed by atoms with Crippen molar-refractivity contribution in [2.24, 2.45) is 0 Å². The number of carboxylic acid groups (broad SMARTS) is 6. The molecule has 2 saturated heterocycles. The monoisotopic (exact) mass is 954 g/mol. The summed E-state index contributed by atoms with van der Waals surface area (Å²) in [6.45, 7) is 21.0. The number of pyridine rings is 2. The maximum Gasteiger partial charge on any atom is 0.328 e. The number of imidazole rings is 2. The van der Waals surface area contributed by atoms with Gasteiger partial charge in [-0.25, -0.2) is 48.7 Å². The fraction of sp³-hybridized carbons (Fsp3) is 0.455. The molecule has 0 amide bonds. The molecule has 4 aromatic heterocycles. The van der Waals surface area contributed by atoms with E-state index in [-0.39, 0.29) is 0 Å². The summed E-state index contributed by atoms with van der Waals surface area (Å²) < 4.78 is 15.4. The summed E-state index contributed by atoms with van der Waals surface area (Å²) in [5, 5.41) is 53.8. The standard InChI is InChI=1S/2C16H25N5O.3C4H4O4/c2*1-3-22-10-9-21-15(12-20-8-7-17-13(2)11-20)19-14-5-4-6-18-16(14)21;3*5-3(6)1-2-4(7)8/h2*4-6,13,17H,3,7-12H2,1-2H3;3*1-2H,(H,5,6)(H,7,8). The number of fused-ring (bicyclic) bond motifs is 2. The van der Waals surface area contributed by atoms with Gasteiger partial charge in [0.2, 0.25) is 0 Å². The second-order valence-corrected chi connectivity index (χ2v) is 14.7. The molecule has 6 heterocycles. The third-order valence-corrected chi connectivity index (χ3v) is 9.23. The molecule has 2 atom stereocenters. The predicted octanol–water partition coefficient (Wildman–Crippen LogP) is 1.66. The van der Waals surface area contributed by atoms with Crippen LogP contribution in [0.5, 0.6) is 0 Å². The molecule has 2 aliphatic heterocycles. The van der Waals surface area contributed by atoms with E-state index in [1.54, 1.807) is 0 Å². The van der Waals surface area contributed by atoms with Crippen LogP contribution in [0.25, 0.3) is 22.3 Å². The molecule has 2 fully saturated rings. The van der Waals surface area contributed by atoms with Crippen molar-refractivity contribution in [3.05, 3.63) is 84.8 Å². The summed E-state index contributed by atoms with van der Waals surface area (Å²) in [5.41, 5.74) is 3.86. The van der Waals surface area contributed by atoms with Gasteiger partial charge in [-0.3, -0.25) is 9.80 Å². The average molecular weight is 955 g/mol. The van der Waals surface area contributed by atoms with E-state index in [9.17, 15) is 28.8 Å². The third-order valence-electron chi connectivity index (χ3n) is 9.23. The Kier molecular flexibility index (Phi) is 26.8. The lowest BCUT2D eigenvalue weighted by Gasteiger charge is -2.31. The van der Waals surface area contributed by atoms with Crippen LogP contribution in [0.3, 0.4) is 0 Å². The van der Waals surface area contributed by atoms with Gasteiger partial charge in [0.1, 0.15) is 22.7 Å². The lowest BCUT2D eigenvalue weighted by atomic mass is 10.2. The molecule has 0 radical (unpaired) electrons. The first kappa shape index (κ1) is 57.2. The smallest absolute Gasteiger partial charge is 0.328 e. The molecule has 8 N–H and O–H groups in total. The van der Waals surface area contributed by atoms with Gasteiger partial charge in [-0.05, 0) is 52.0 Å². The summed E-state index contributed by atoms with van der Waals surface area (Å²) in [6.07, 6.45) is 7.01. The fourth-order valence-corrected chi connectivity index (χ4v) is 6.46. The van der Waals surface area contributed by atoms with Crippen molar-refractivity contribution < 1.29 is 68.9 Å². The van der Waals surface area contributed by atoms with Crippen molar-refractivity contribution in [2.75, 3.05) is 65.7 Å². The number of nitrogens with one attached hydrogen (secondary N) is 2. The minimum Gasteiger partial charge on any atom is -0.478 e. The van der Waals surface area contributed by atoms with Gasteiger partial charge in [0.05, 0.1) is 26.3 Å². The number of hydrogen-bond donors (Lipinski definition) is 8. The molecule has 2 aliphatic rings. The van der Waals surface area contributed by atoms with E-state index < -0.39 is 35.8 Å². The Hall–Kier alpha value is -6.96. The lowest BCUT2D eigenvalue weighted by molar-refractivity contribution is -0.134. The Labute approximate surface area is 392 Å². The van der Waals surface area contributed by atoms with Crippen LogP contribution >= 0.6 is 0 Å². The Morgan fingerprint density at radius 1 is 0.588 bits per heavy atom. The largest absolute Gasteiger partial charge is 0.478 e. The highest BCUT2D eigenvalue weighted by molar-refractivity contribution is 5.90. The van der Waals surface area contributed by atoms with E-state index >= 15 is 0 Å². The lowest BCUT2D eigenvalue weighted by Crippen LogP contribution is -2.48. The highest BCUT2D eigenvalue weighted by Crippen LogP contribution is 2.17. The quantitative estimate of drug-likeness (QED) is 0.0519. The molecule has 68 heavy (non-hydrogen) atoms. The normalized spacial score (nSPS) is 16.2. The second-order valence-electron chi connectivity index (χ2n) is 14.7. The molecule has 4 aromatic rings. The molecule has 0 saturated carbocycles. The van der Waals surface area contributed by atoms with Crippen LogP contribution in [0.1, 0.15) is 39.3 Å². The molecule has 0 spiro atoms. The summed E-state index contributed by atoms with van der Waals surface area (Å²) in [4.78, 5) is 80.8. The first-order chi connectivity index (χ1) is 32.4. The van der Waals surface area contributed by atoms with Crippen LogP contribution in [0, 0.1) is 0 Å². The minimum atomic E-state index is -1.26. The topological polar surface area (TPSA) is 334 Å². The van der Waals surface area contributed by atoms with Crippen LogP contribution < -0.4 is 10.6 Å². The molecule has 0 aromatic carbocycles. The van der Waals surface area contributed by atoms with Gasteiger partial charge in [0.25, 0.3) is 0 Å². The summed E-state index contributed by atoms with van der Waals surface area (Å²) in [7, 11) is 0. The zero-order valence-corrected chi connectivity index (χ0v) is 38.5. The number of carbonyl (C=O) groups is 6. The number of rotatable bonds is 18. The summed E-state index contributed by atoms with van der Waals surface area (Å²) >= 11 is 0. The SMILES string of the molecule is CCOCCn1c(CN2CCNC(C)C2)nc2cccnc21.CCOCCn1c(CN2CCNC(C)C2)nc2cccnc21.O=C(O)C=CC(=O)O.O=C(O)C=CC(=O)O.O=C(O)C=CC(=O)O. The molecular weight excluding hydrogens is 893 g/mol. The number of aromatic nitrogens is 6. The Balaban J connectivity index is 0.000000320. The van der Waals surface area contributed by atoms with Crippen molar-refractivity contribution in [1.82, 2.24) is 49.5 Å². The zero-order chi connectivity index (χ0) is 50.4. The maximum atomic E-state index is 9.55. The van der Waals surface area contributed by atoms with Crippen LogP contribution in [-0.4, -0.2) is 183 Å². The van der Waals surface area contributed by atoms with Crippen molar-refractivity contribution >= 4 is 58.1 Å². The Bertz CT molecular complexity index is 2080. The molecule has 24 nitrogen and oxygen atoms in total. The Morgan fingerprint density at radius 3 is 1.19 bits per heavy atom. The number of piperazine rings is 2. The van der Waals surface area contributed by atoms with E-state index in [1.807, 2.05) is 50.5 Å². The van der Waals surface area contributed by atoms with E-state index in [0.717, 1.165) is 113 Å². The maximum absolute atomic E-state index is 9.55. The predicted molar refractivity (Wildman–Crippen MR) is 247 cm³/mol. The second kappa shape index (κ2) is 31.9. The summed E-state index contributed by atoms with van der Waals surface area (Å²) in [5.74, 6) is -5.37. The third kappa shape index (κ3) is 23.5. The Morgan fingerprint density at radius 2 is 0.912 bits per heavy atom. The zero-order valence-electron chi connectivity index (χ0n) is 38.5. The average Bonchev–Trinajstić information content (AvgIpc) is 3.81. The van der Waals surface area contributed by atoms with Gasteiger partial charge in [-0.2, -0.15) is 0 Å². The molecule has 0 aliphatic carbocycles. The molecule has 0 bridgehead atoms. The van der Waals surface area contributed by atoms with Crippen molar-refractivity contribution in [1.29, 1.82) is 0 Å². The number of nitrogens with zero attached hydrogens (tertiary/aromatic N) is 8. The van der Waals surface area contributed by atoms with Crippen LogP contribution in [0.15, 0.2) is 73.1 Å². The van der Waals surface area contributed by atoms with Gasteiger partial charge in [-0.1, -0.05) is 0 Å². The molecule has 24 heteroatoms. The van der Waals surface area contributed by atoms with Crippen LogP contribution in [0.4, 0.5) is 0 Å². The van der Waals surface area contributed by atoms with E-state index in [1.165, 1.54) is 0 Å². The van der Waals surface area contributed by atoms with Crippen molar-refractivity contribution in [3.63, 3.8) is 0 Å². The molecular formula is C44H62N10O14. The van der Waals surface area contributed by atoms with Crippen LogP contribution in [-0.2, 0) is 64.4 Å². The van der Waals surface area contributed by atoms with E-state index in [0.29, 0.717) is 61.8 Å². The molecule has 2 unspecified atom stereocenters. The highest BCUT2D eigenvalue weighted by Gasteiger charge is 2.21.